The van der Waals surface area contributed by atoms with Crippen LogP contribution in [0.2, 0.25) is 0 Å². The van der Waals surface area contributed by atoms with Crippen LogP contribution in [0.25, 0.3) is 0 Å². The van der Waals surface area contributed by atoms with E-state index in [4.69, 9.17) is 0 Å². The molecule has 0 fully saturated rings. The molecule has 0 aromatic carbocycles. The Bertz CT molecular complexity index is 414. The zero-order valence-corrected chi connectivity index (χ0v) is 9.63. The highest BCUT2D eigenvalue weighted by molar-refractivity contribution is 5.40. The lowest BCUT2D eigenvalue weighted by Gasteiger charge is -2.28. The molecule has 0 bridgehead atoms. The molecule has 16 heavy (non-hydrogen) atoms. The Balaban J connectivity index is 2.39. The van der Waals surface area contributed by atoms with Gasteiger partial charge >= 0.3 is 0 Å². The van der Waals surface area contributed by atoms with Crippen molar-refractivity contribution in [1.82, 2.24) is 4.98 Å². The van der Waals surface area contributed by atoms with Gasteiger partial charge in [0.25, 0.3) is 0 Å². The van der Waals surface area contributed by atoms with Gasteiger partial charge in [-0.3, -0.25) is 4.98 Å². The summed E-state index contributed by atoms with van der Waals surface area (Å²) in [5.41, 5.74) is 1.35. The molecule has 0 radical (unpaired) electrons. The van der Waals surface area contributed by atoms with E-state index in [0.29, 0.717) is 0 Å². The normalized spacial score (nSPS) is 24.1. The fraction of sp³-hybridized carbons (Fsp3) is 0.267. The van der Waals surface area contributed by atoms with Crippen LogP contribution in [0.1, 0.15) is 25.3 Å². The summed E-state index contributed by atoms with van der Waals surface area (Å²) >= 11 is 0. The Morgan fingerprint density at radius 1 is 1.31 bits per heavy atom. The average Bonchev–Trinajstić information content (AvgIpc) is 2.38. The lowest BCUT2D eigenvalue weighted by Crippen LogP contribution is -2.21. The lowest BCUT2D eigenvalue weighted by atomic mass is 9.75. The second kappa shape index (κ2) is 4.93. The first-order chi connectivity index (χ1) is 7.87. The van der Waals surface area contributed by atoms with Gasteiger partial charge in [-0.25, -0.2) is 0 Å². The van der Waals surface area contributed by atoms with Crippen molar-refractivity contribution in [2.24, 2.45) is 0 Å². The summed E-state index contributed by atoms with van der Waals surface area (Å²) in [5.74, 6) is 0. The van der Waals surface area contributed by atoms with Gasteiger partial charge in [0.05, 0.1) is 0 Å². The van der Waals surface area contributed by atoms with Crippen LogP contribution in [0.5, 0.6) is 0 Å². The third-order valence-corrected chi connectivity index (χ3v) is 2.97. The second-order valence-corrected chi connectivity index (χ2v) is 4.08. The van der Waals surface area contributed by atoms with Gasteiger partial charge in [-0.05, 0) is 30.5 Å². The third kappa shape index (κ3) is 2.13. The van der Waals surface area contributed by atoms with Crippen molar-refractivity contribution in [1.29, 1.82) is 0 Å². The SMILES string of the molecule is CCC=CC1(c2ccncc2)C=CC=CC1. The number of nitrogens with zero attached hydrogens (tertiary/aromatic N) is 1. The minimum atomic E-state index is 0.0354. The van der Waals surface area contributed by atoms with Crippen molar-refractivity contribution in [3.8, 4) is 0 Å². The first-order valence-electron chi connectivity index (χ1n) is 5.80. The summed E-state index contributed by atoms with van der Waals surface area (Å²) in [6.45, 7) is 2.17. The van der Waals surface area contributed by atoms with Gasteiger partial charge in [0, 0.05) is 17.8 Å². The summed E-state index contributed by atoms with van der Waals surface area (Å²) < 4.78 is 0. The van der Waals surface area contributed by atoms with Crippen molar-refractivity contribution >= 4 is 0 Å². The van der Waals surface area contributed by atoms with E-state index in [2.05, 4.69) is 60.5 Å². The van der Waals surface area contributed by atoms with E-state index in [1.54, 1.807) is 0 Å². The molecule has 0 saturated carbocycles. The van der Waals surface area contributed by atoms with Gasteiger partial charge in [-0.2, -0.15) is 0 Å². The monoisotopic (exact) mass is 211 g/mol. The van der Waals surface area contributed by atoms with E-state index in [-0.39, 0.29) is 5.41 Å². The van der Waals surface area contributed by atoms with Gasteiger partial charge in [0.15, 0.2) is 0 Å². The molecule has 1 aliphatic carbocycles. The molecule has 0 aliphatic heterocycles. The highest BCUT2D eigenvalue weighted by Gasteiger charge is 2.25. The number of allylic oxidation sites excluding steroid dienone is 6. The van der Waals surface area contributed by atoms with Crippen LogP contribution in [0.15, 0.2) is 61.0 Å². The number of aromatic nitrogens is 1. The standard InChI is InChI=1S/C15H17N/c1-2-3-9-15(10-5-4-6-11-15)14-7-12-16-13-8-14/h3-10,12-13H,2,11H2,1H3. The van der Waals surface area contributed by atoms with Gasteiger partial charge < -0.3 is 0 Å². The largest absolute Gasteiger partial charge is 0.265 e. The second-order valence-electron chi connectivity index (χ2n) is 4.08. The molecule has 1 unspecified atom stereocenters. The summed E-state index contributed by atoms with van der Waals surface area (Å²) in [6.07, 6.45) is 19.1. The first kappa shape index (κ1) is 10.9. The topological polar surface area (TPSA) is 12.9 Å². The molecule has 1 heterocycles. The molecule has 2 rings (SSSR count). The van der Waals surface area contributed by atoms with Gasteiger partial charge in [-0.1, -0.05) is 43.4 Å². The fourth-order valence-corrected chi connectivity index (χ4v) is 2.06. The maximum Gasteiger partial charge on any atom is 0.0350 e. The molecule has 1 nitrogen and oxygen atoms in total. The van der Waals surface area contributed by atoms with Crippen molar-refractivity contribution in [2.75, 3.05) is 0 Å². The van der Waals surface area contributed by atoms with Gasteiger partial charge in [0.2, 0.25) is 0 Å². The highest BCUT2D eigenvalue weighted by atomic mass is 14.6. The fourth-order valence-electron chi connectivity index (χ4n) is 2.06. The van der Waals surface area contributed by atoms with E-state index in [9.17, 15) is 0 Å². The molecule has 82 valence electrons. The van der Waals surface area contributed by atoms with E-state index >= 15 is 0 Å². The van der Waals surface area contributed by atoms with Gasteiger partial charge in [-0.15, -0.1) is 0 Å². The quantitative estimate of drug-likeness (QED) is 0.693. The van der Waals surface area contributed by atoms with Crippen molar-refractivity contribution in [3.05, 3.63) is 66.5 Å². The predicted molar refractivity (Wildman–Crippen MR) is 68.2 cm³/mol. The molecule has 0 amide bonds. The van der Waals surface area contributed by atoms with Crippen molar-refractivity contribution in [3.63, 3.8) is 0 Å². The maximum absolute atomic E-state index is 4.09. The Kier molecular flexibility index (Phi) is 3.35. The van der Waals surface area contributed by atoms with E-state index in [1.807, 2.05) is 12.4 Å². The van der Waals surface area contributed by atoms with Crippen LogP contribution < -0.4 is 0 Å². The highest BCUT2D eigenvalue weighted by Crippen LogP contribution is 2.33. The van der Waals surface area contributed by atoms with Crippen molar-refractivity contribution < 1.29 is 0 Å². The lowest BCUT2D eigenvalue weighted by molar-refractivity contribution is 0.671. The smallest absolute Gasteiger partial charge is 0.0350 e. The molecule has 0 N–H and O–H groups in total. The van der Waals surface area contributed by atoms with Crippen LogP contribution in [0.4, 0.5) is 0 Å². The van der Waals surface area contributed by atoms with Crippen molar-refractivity contribution in [2.45, 2.75) is 25.2 Å². The summed E-state index contributed by atoms with van der Waals surface area (Å²) in [6, 6.07) is 4.20. The van der Waals surface area contributed by atoms with Crippen LogP contribution >= 0.6 is 0 Å². The van der Waals surface area contributed by atoms with E-state index in [1.165, 1.54) is 5.56 Å². The molecule has 1 aromatic rings. The molecule has 0 saturated heterocycles. The summed E-state index contributed by atoms with van der Waals surface area (Å²) in [4.78, 5) is 4.09. The molecular formula is C15H17N. The molecule has 1 atom stereocenters. The summed E-state index contributed by atoms with van der Waals surface area (Å²) in [7, 11) is 0. The zero-order chi connectivity index (χ0) is 11.3. The van der Waals surface area contributed by atoms with E-state index < -0.39 is 0 Å². The zero-order valence-electron chi connectivity index (χ0n) is 9.63. The molecule has 0 spiro atoms. The van der Waals surface area contributed by atoms with Crippen LogP contribution in [0.3, 0.4) is 0 Å². The molecular weight excluding hydrogens is 194 g/mol. The van der Waals surface area contributed by atoms with Crippen LogP contribution in [-0.2, 0) is 5.41 Å². The number of hydrogen-bond donors (Lipinski definition) is 0. The van der Waals surface area contributed by atoms with Crippen LogP contribution in [0, 0.1) is 0 Å². The van der Waals surface area contributed by atoms with Crippen LogP contribution in [-0.4, -0.2) is 4.98 Å². The van der Waals surface area contributed by atoms with E-state index in [0.717, 1.165) is 12.8 Å². The number of rotatable bonds is 3. The minimum Gasteiger partial charge on any atom is -0.265 e. The van der Waals surface area contributed by atoms with Gasteiger partial charge in [0.1, 0.15) is 0 Å². The summed E-state index contributed by atoms with van der Waals surface area (Å²) in [5, 5.41) is 0. The minimum absolute atomic E-state index is 0.0354. The average molecular weight is 211 g/mol. The number of pyridine rings is 1. The Hall–Kier alpha value is -1.63. The molecule has 1 heteroatoms. The predicted octanol–water partition coefficient (Wildman–Crippen LogP) is 3.80. The molecule has 1 aliphatic rings. The first-order valence-corrected chi connectivity index (χ1v) is 5.80. The maximum atomic E-state index is 4.09. The Labute approximate surface area is 97.2 Å². The Morgan fingerprint density at radius 2 is 2.12 bits per heavy atom. The number of hydrogen-bond acceptors (Lipinski definition) is 1. The molecule has 1 aromatic heterocycles. The third-order valence-electron chi connectivity index (χ3n) is 2.97. The Morgan fingerprint density at radius 3 is 2.75 bits per heavy atom.